The van der Waals surface area contributed by atoms with Gasteiger partial charge in [0.15, 0.2) is 20.8 Å². The van der Waals surface area contributed by atoms with Crippen LogP contribution < -0.4 is 0 Å². The lowest BCUT2D eigenvalue weighted by Gasteiger charge is -2.16. The number of Topliss-reactive ketones (excluding diaryl/α,β-unsaturated/α-hetero) is 1. The number of aryl methyl sites for hydroxylation is 2. The lowest BCUT2D eigenvalue weighted by molar-refractivity contribution is 0.102. The number of nitrogens with zero attached hydrogens (tertiary/aromatic N) is 3. The van der Waals surface area contributed by atoms with Gasteiger partial charge in [0, 0.05) is 19.0 Å². The van der Waals surface area contributed by atoms with Crippen molar-refractivity contribution in [2.75, 3.05) is 17.3 Å². The summed E-state index contributed by atoms with van der Waals surface area (Å²) in [6.07, 6.45) is 5.91. The van der Waals surface area contributed by atoms with Gasteiger partial charge in [0.1, 0.15) is 5.82 Å². The molecule has 0 N–H and O–H groups in total. The first-order valence-electron chi connectivity index (χ1n) is 9.78. The highest BCUT2D eigenvalue weighted by atomic mass is 32.2. The number of benzene rings is 1. The van der Waals surface area contributed by atoms with E-state index in [1.54, 1.807) is 0 Å². The summed E-state index contributed by atoms with van der Waals surface area (Å²) < 4.78 is 25.2. The standard InChI is InChI=1S/C20H25N3O3S2/c1-23-19(10-14-8-9-28(25,26)13-14)21-22-20(23)27-12-18(24)17-7-6-15-4-2-3-5-16(15)11-17/h6-7,11,14H,2-5,8-10,12-13H2,1H3. The summed E-state index contributed by atoms with van der Waals surface area (Å²) in [5.74, 6) is 1.83. The van der Waals surface area contributed by atoms with Crippen molar-refractivity contribution in [2.24, 2.45) is 13.0 Å². The molecule has 1 unspecified atom stereocenters. The van der Waals surface area contributed by atoms with Crippen LogP contribution in [-0.2, 0) is 36.1 Å². The largest absolute Gasteiger partial charge is 0.309 e. The summed E-state index contributed by atoms with van der Waals surface area (Å²) in [5.41, 5.74) is 3.46. The quantitative estimate of drug-likeness (QED) is 0.529. The molecule has 4 rings (SSSR count). The Kier molecular flexibility index (Phi) is 5.60. The molecule has 1 aliphatic heterocycles. The number of carbonyl (C=O) groups is 1. The third-order valence-electron chi connectivity index (χ3n) is 5.73. The highest BCUT2D eigenvalue weighted by molar-refractivity contribution is 7.99. The molecule has 1 aliphatic carbocycles. The Morgan fingerprint density at radius 2 is 2.00 bits per heavy atom. The predicted molar refractivity (Wildman–Crippen MR) is 110 cm³/mol. The number of hydrogen-bond donors (Lipinski definition) is 0. The normalized spacial score (nSPS) is 20.8. The molecule has 6 nitrogen and oxygen atoms in total. The van der Waals surface area contributed by atoms with E-state index >= 15 is 0 Å². The van der Waals surface area contributed by atoms with Crippen LogP contribution in [0, 0.1) is 5.92 Å². The van der Waals surface area contributed by atoms with Gasteiger partial charge in [0.05, 0.1) is 17.3 Å². The van der Waals surface area contributed by atoms with Crippen molar-refractivity contribution in [1.29, 1.82) is 0 Å². The van der Waals surface area contributed by atoms with Gasteiger partial charge < -0.3 is 4.57 Å². The first-order valence-corrected chi connectivity index (χ1v) is 12.6. The maximum atomic E-state index is 12.6. The van der Waals surface area contributed by atoms with E-state index in [1.165, 1.54) is 35.7 Å². The molecule has 1 fully saturated rings. The van der Waals surface area contributed by atoms with E-state index in [-0.39, 0.29) is 23.2 Å². The molecule has 1 saturated heterocycles. The van der Waals surface area contributed by atoms with E-state index in [0.717, 1.165) is 24.2 Å². The van der Waals surface area contributed by atoms with Crippen molar-refractivity contribution in [3.63, 3.8) is 0 Å². The van der Waals surface area contributed by atoms with Crippen LogP contribution in [0.4, 0.5) is 0 Å². The minimum atomic E-state index is -2.89. The molecule has 1 aromatic carbocycles. The van der Waals surface area contributed by atoms with Crippen molar-refractivity contribution in [2.45, 2.75) is 43.7 Å². The van der Waals surface area contributed by atoms with E-state index in [4.69, 9.17) is 0 Å². The number of aromatic nitrogens is 3. The van der Waals surface area contributed by atoms with Crippen LogP contribution in [0.1, 0.15) is 46.6 Å². The Morgan fingerprint density at radius 3 is 2.75 bits per heavy atom. The Morgan fingerprint density at radius 1 is 1.21 bits per heavy atom. The minimum absolute atomic E-state index is 0.102. The summed E-state index contributed by atoms with van der Waals surface area (Å²) in [6, 6.07) is 6.10. The molecule has 2 heterocycles. The van der Waals surface area contributed by atoms with Crippen LogP contribution in [0.5, 0.6) is 0 Å². The predicted octanol–water partition coefficient (Wildman–Crippen LogP) is 2.65. The Labute approximate surface area is 170 Å². The number of rotatable bonds is 6. The second kappa shape index (κ2) is 7.99. The fraction of sp³-hybridized carbons (Fsp3) is 0.550. The second-order valence-electron chi connectivity index (χ2n) is 7.83. The van der Waals surface area contributed by atoms with Gasteiger partial charge in [-0.2, -0.15) is 0 Å². The summed E-state index contributed by atoms with van der Waals surface area (Å²) in [6.45, 7) is 0. The van der Waals surface area contributed by atoms with E-state index in [9.17, 15) is 13.2 Å². The zero-order valence-corrected chi connectivity index (χ0v) is 17.7. The molecule has 0 amide bonds. The molecule has 1 aromatic heterocycles. The Bertz CT molecular complexity index is 998. The fourth-order valence-electron chi connectivity index (χ4n) is 4.06. The highest BCUT2D eigenvalue weighted by Crippen LogP contribution is 2.25. The summed E-state index contributed by atoms with van der Waals surface area (Å²) in [5, 5.41) is 9.12. The Hall–Kier alpha value is -1.67. The molecule has 28 heavy (non-hydrogen) atoms. The van der Waals surface area contributed by atoms with Gasteiger partial charge in [-0.3, -0.25) is 4.79 Å². The number of hydrogen-bond acceptors (Lipinski definition) is 6. The number of carbonyl (C=O) groups excluding carboxylic acids is 1. The Balaban J connectivity index is 1.37. The van der Waals surface area contributed by atoms with Crippen molar-refractivity contribution < 1.29 is 13.2 Å². The monoisotopic (exact) mass is 419 g/mol. The molecule has 1 atom stereocenters. The zero-order valence-electron chi connectivity index (χ0n) is 16.1. The van der Waals surface area contributed by atoms with Gasteiger partial charge in [0.2, 0.25) is 0 Å². The average Bonchev–Trinajstić information content (AvgIpc) is 3.21. The smallest absolute Gasteiger partial charge is 0.191 e. The van der Waals surface area contributed by atoms with E-state index < -0.39 is 9.84 Å². The number of ketones is 1. The lowest BCUT2D eigenvalue weighted by Crippen LogP contribution is -2.11. The van der Waals surface area contributed by atoms with Gasteiger partial charge in [-0.1, -0.05) is 23.9 Å². The first-order chi connectivity index (χ1) is 13.4. The summed E-state index contributed by atoms with van der Waals surface area (Å²) in [4.78, 5) is 12.6. The molecule has 0 bridgehead atoms. The second-order valence-corrected chi connectivity index (χ2v) is 11.0. The van der Waals surface area contributed by atoms with Gasteiger partial charge in [0.25, 0.3) is 0 Å². The van der Waals surface area contributed by atoms with Crippen LogP contribution in [0.3, 0.4) is 0 Å². The van der Waals surface area contributed by atoms with E-state index in [2.05, 4.69) is 22.3 Å². The van der Waals surface area contributed by atoms with Gasteiger partial charge >= 0.3 is 0 Å². The van der Waals surface area contributed by atoms with Crippen molar-refractivity contribution >= 4 is 27.4 Å². The van der Waals surface area contributed by atoms with Crippen molar-refractivity contribution in [3.05, 3.63) is 40.7 Å². The van der Waals surface area contributed by atoms with Crippen LogP contribution in [0.15, 0.2) is 23.4 Å². The summed E-state index contributed by atoms with van der Waals surface area (Å²) in [7, 11) is -1.01. The van der Waals surface area contributed by atoms with Crippen LogP contribution in [0.25, 0.3) is 0 Å². The molecule has 2 aromatic rings. The third kappa shape index (κ3) is 4.33. The topological polar surface area (TPSA) is 81.9 Å². The molecule has 8 heteroatoms. The minimum Gasteiger partial charge on any atom is -0.309 e. The molecule has 150 valence electrons. The van der Waals surface area contributed by atoms with Crippen LogP contribution in [-0.4, -0.2) is 46.2 Å². The molecule has 0 saturated carbocycles. The number of sulfone groups is 1. The maximum Gasteiger partial charge on any atom is 0.191 e. The van der Waals surface area contributed by atoms with Crippen LogP contribution >= 0.6 is 11.8 Å². The lowest BCUT2D eigenvalue weighted by atomic mass is 9.90. The fourth-order valence-corrected chi connectivity index (χ4v) is 6.75. The van der Waals surface area contributed by atoms with Gasteiger partial charge in [-0.05, 0) is 55.2 Å². The van der Waals surface area contributed by atoms with Crippen LogP contribution in [0.2, 0.25) is 0 Å². The van der Waals surface area contributed by atoms with Gasteiger partial charge in [-0.25, -0.2) is 8.42 Å². The third-order valence-corrected chi connectivity index (χ3v) is 8.58. The highest BCUT2D eigenvalue weighted by Gasteiger charge is 2.29. The SMILES string of the molecule is Cn1c(CC2CCS(=O)(=O)C2)nnc1SCC(=O)c1ccc2c(c1)CCCC2. The van der Waals surface area contributed by atoms with Crippen molar-refractivity contribution in [1.82, 2.24) is 14.8 Å². The molecule has 0 spiro atoms. The van der Waals surface area contributed by atoms with E-state index in [1.807, 2.05) is 17.7 Å². The van der Waals surface area contributed by atoms with Gasteiger partial charge in [-0.15, -0.1) is 10.2 Å². The first kappa shape index (κ1) is 19.6. The summed E-state index contributed by atoms with van der Waals surface area (Å²) >= 11 is 1.39. The average molecular weight is 420 g/mol. The molecular formula is C20H25N3O3S2. The number of fused-ring (bicyclic) bond motifs is 1. The van der Waals surface area contributed by atoms with Crippen molar-refractivity contribution in [3.8, 4) is 0 Å². The zero-order chi connectivity index (χ0) is 19.7. The molecule has 0 radical (unpaired) electrons. The number of thioether (sulfide) groups is 1. The molecule has 2 aliphatic rings. The molecular weight excluding hydrogens is 394 g/mol. The maximum absolute atomic E-state index is 12.6. The van der Waals surface area contributed by atoms with E-state index in [0.29, 0.717) is 23.8 Å².